The van der Waals surface area contributed by atoms with Crippen LogP contribution in [0.3, 0.4) is 0 Å². The molecule has 0 saturated heterocycles. The summed E-state index contributed by atoms with van der Waals surface area (Å²) >= 11 is 0. The second-order valence-corrected chi connectivity index (χ2v) is 8.97. The number of aryl methyl sites for hydroxylation is 2. The Morgan fingerprint density at radius 3 is 2.07 bits per heavy atom. The van der Waals surface area contributed by atoms with Crippen molar-refractivity contribution in [2.75, 3.05) is 4.72 Å². The first kappa shape index (κ1) is 21.6. The normalized spacial score (nSPS) is 12.2. The summed E-state index contributed by atoms with van der Waals surface area (Å²) in [6.07, 6.45) is 0.973. The van der Waals surface area contributed by atoms with E-state index in [2.05, 4.69) is 29.1 Å². The number of carbonyl (C=O) groups excluding carboxylic acids is 1. The highest BCUT2D eigenvalue weighted by atomic mass is 32.2. The molecular weight excluding hydrogens is 396 g/mol. The summed E-state index contributed by atoms with van der Waals surface area (Å²) in [6.45, 7) is 5.93. The van der Waals surface area contributed by atoms with Crippen molar-refractivity contribution in [3.8, 4) is 0 Å². The first-order valence-corrected chi connectivity index (χ1v) is 11.4. The molecule has 0 bridgehead atoms. The molecule has 3 aromatic rings. The SMILES string of the molecule is CCc1ccc([C@@H](C)NC(=O)c2ccc(NS(=O)(=O)c3ccc(C)cc3)cc2)cc1. The van der Waals surface area contributed by atoms with Gasteiger partial charge in [0.15, 0.2) is 0 Å². The fraction of sp³-hybridized carbons (Fsp3) is 0.208. The van der Waals surface area contributed by atoms with Crippen LogP contribution in [0.2, 0.25) is 0 Å². The van der Waals surface area contributed by atoms with E-state index in [1.165, 1.54) is 5.56 Å². The van der Waals surface area contributed by atoms with Crippen LogP contribution in [0, 0.1) is 6.92 Å². The number of nitrogens with one attached hydrogen (secondary N) is 2. The summed E-state index contributed by atoms with van der Waals surface area (Å²) in [6, 6.07) is 21.0. The number of amides is 1. The third-order valence-electron chi connectivity index (χ3n) is 4.97. The third kappa shape index (κ3) is 5.27. The van der Waals surface area contributed by atoms with Crippen molar-refractivity contribution in [3.63, 3.8) is 0 Å². The second kappa shape index (κ2) is 9.13. The monoisotopic (exact) mass is 422 g/mol. The van der Waals surface area contributed by atoms with Crippen molar-refractivity contribution in [1.29, 1.82) is 0 Å². The van der Waals surface area contributed by atoms with E-state index < -0.39 is 10.0 Å². The lowest BCUT2D eigenvalue weighted by molar-refractivity contribution is 0.0940. The minimum absolute atomic E-state index is 0.136. The standard InChI is InChI=1S/C24H26N2O3S/c1-4-19-7-9-20(10-8-19)18(3)25-24(27)21-11-13-22(14-12-21)26-30(28,29)23-15-5-17(2)6-16-23/h5-16,18,26H,4H2,1-3H3,(H,25,27)/t18-/m1/s1. The minimum atomic E-state index is -3.67. The molecule has 3 aromatic carbocycles. The molecule has 2 N–H and O–H groups in total. The van der Waals surface area contributed by atoms with Gasteiger partial charge in [0, 0.05) is 11.3 Å². The minimum Gasteiger partial charge on any atom is -0.346 e. The van der Waals surface area contributed by atoms with Crippen LogP contribution in [0.5, 0.6) is 0 Å². The zero-order valence-electron chi connectivity index (χ0n) is 17.3. The van der Waals surface area contributed by atoms with Gasteiger partial charge in [-0.3, -0.25) is 9.52 Å². The molecule has 1 amide bonds. The molecule has 0 aromatic heterocycles. The fourth-order valence-corrected chi connectivity index (χ4v) is 4.09. The molecule has 0 unspecified atom stereocenters. The number of rotatable bonds is 7. The van der Waals surface area contributed by atoms with Crippen LogP contribution in [-0.2, 0) is 16.4 Å². The van der Waals surface area contributed by atoms with E-state index in [0.717, 1.165) is 17.5 Å². The molecular formula is C24H26N2O3S. The van der Waals surface area contributed by atoms with Gasteiger partial charge in [0.05, 0.1) is 10.9 Å². The molecule has 0 heterocycles. The smallest absolute Gasteiger partial charge is 0.261 e. The highest BCUT2D eigenvalue weighted by Crippen LogP contribution is 2.18. The maximum atomic E-state index is 12.6. The summed E-state index contributed by atoms with van der Waals surface area (Å²) < 4.78 is 27.5. The van der Waals surface area contributed by atoms with E-state index in [4.69, 9.17) is 0 Å². The maximum Gasteiger partial charge on any atom is 0.261 e. The van der Waals surface area contributed by atoms with Gasteiger partial charge in [-0.15, -0.1) is 0 Å². The van der Waals surface area contributed by atoms with Gasteiger partial charge in [0.25, 0.3) is 15.9 Å². The molecule has 156 valence electrons. The lowest BCUT2D eigenvalue weighted by atomic mass is 10.0. The van der Waals surface area contributed by atoms with Crippen LogP contribution in [0.1, 0.15) is 46.9 Å². The van der Waals surface area contributed by atoms with Gasteiger partial charge in [-0.25, -0.2) is 8.42 Å². The van der Waals surface area contributed by atoms with Crippen molar-refractivity contribution >= 4 is 21.6 Å². The Labute approximate surface area is 178 Å². The highest BCUT2D eigenvalue weighted by molar-refractivity contribution is 7.92. The zero-order valence-corrected chi connectivity index (χ0v) is 18.2. The average Bonchev–Trinajstić information content (AvgIpc) is 2.74. The third-order valence-corrected chi connectivity index (χ3v) is 6.36. The Hall–Kier alpha value is -3.12. The van der Waals surface area contributed by atoms with E-state index in [9.17, 15) is 13.2 Å². The van der Waals surface area contributed by atoms with Gasteiger partial charge in [-0.2, -0.15) is 0 Å². The zero-order chi connectivity index (χ0) is 21.7. The molecule has 0 aliphatic carbocycles. The number of hydrogen-bond donors (Lipinski definition) is 2. The Bertz CT molecular complexity index is 1100. The van der Waals surface area contributed by atoms with Gasteiger partial charge >= 0.3 is 0 Å². The van der Waals surface area contributed by atoms with Gasteiger partial charge in [-0.05, 0) is 67.8 Å². The van der Waals surface area contributed by atoms with E-state index in [0.29, 0.717) is 11.3 Å². The van der Waals surface area contributed by atoms with Gasteiger partial charge in [-0.1, -0.05) is 48.9 Å². The predicted molar refractivity (Wildman–Crippen MR) is 120 cm³/mol. The second-order valence-electron chi connectivity index (χ2n) is 7.29. The Morgan fingerprint density at radius 2 is 1.50 bits per heavy atom. The maximum absolute atomic E-state index is 12.6. The first-order valence-electron chi connectivity index (χ1n) is 9.88. The van der Waals surface area contributed by atoms with Crippen molar-refractivity contribution in [3.05, 3.63) is 95.1 Å². The number of anilines is 1. The summed E-state index contributed by atoms with van der Waals surface area (Å²) in [7, 11) is -3.67. The Morgan fingerprint density at radius 1 is 0.900 bits per heavy atom. The van der Waals surface area contributed by atoms with E-state index in [-0.39, 0.29) is 16.8 Å². The molecule has 30 heavy (non-hydrogen) atoms. The molecule has 5 nitrogen and oxygen atoms in total. The number of carbonyl (C=O) groups is 1. The van der Waals surface area contributed by atoms with Crippen LogP contribution in [0.15, 0.2) is 77.7 Å². The molecule has 0 saturated carbocycles. The number of benzene rings is 3. The summed E-state index contributed by atoms with van der Waals surface area (Å²) in [5.74, 6) is -0.213. The number of hydrogen-bond acceptors (Lipinski definition) is 3. The number of sulfonamides is 1. The molecule has 1 atom stereocenters. The van der Waals surface area contributed by atoms with Crippen LogP contribution in [-0.4, -0.2) is 14.3 Å². The van der Waals surface area contributed by atoms with E-state index in [1.807, 2.05) is 26.0 Å². The van der Waals surface area contributed by atoms with Crippen LogP contribution in [0.4, 0.5) is 5.69 Å². The molecule has 0 aliphatic heterocycles. The molecule has 0 spiro atoms. The molecule has 0 fully saturated rings. The largest absolute Gasteiger partial charge is 0.346 e. The van der Waals surface area contributed by atoms with E-state index in [1.54, 1.807) is 48.5 Å². The van der Waals surface area contributed by atoms with Gasteiger partial charge in [0.2, 0.25) is 0 Å². The van der Waals surface area contributed by atoms with Crippen LogP contribution in [0.25, 0.3) is 0 Å². The molecule has 0 radical (unpaired) electrons. The molecule has 3 rings (SSSR count). The van der Waals surface area contributed by atoms with Crippen molar-refractivity contribution < 1.29 is 13.2 Å². The Kier molecular flexibility index (Phi) is 6.57. The topological polar surface area (TPSA) is 75.3 Å². The molecule has 0 aliphatic rings. The lowest BCUT2D eigenvalue weighted by Gasteiger charge is -2.15. The van der Waals surface area contributed by atoms with Gasteiger partial charge in [0.1, 0.15) is 0 Å². The lowest BCUT2D eigenvalue weighted by Crippen LogP contribution is -2.26. The van der Waals surface area contributed by atoms with Crippen LogP contribution < -0.4 is 10.0 Å². The highest BCUT2D eigenvalue weighted by Gasteiger charge is 2.15. The predicted octanol–water partition coefficient (Wildman–Crippen LogP) is 4.85. The van der Waals surface area contributed by atoms with Gasteiger partial charge < -0.3 is 5.32 Å². The average molecular weight is 423 g/mol. The van der Waals surface area contributed by atoms with Crippen molar-refractivity contribution in [1.82, 2.24) is 5.32 Å². The summed E-state index contributed by atoms with van der Waals surface area (Å²) in [4.78, 5) is 12.7. The summed E-state index contributed by atoms with van der Waals surface area (Å²) in [5.41, 5.74) is 4.13. The van der Waals surface area contributed by atoms with E-state index >= 15 is 0 Å². The van der Waals surface area contributed by atoms with Crippen LogP contribution >= 0.6 is 0 Å². The van der Waals surface area contributed by atoms with Crippen molar-refractivity contribution in [2.24, 2.45) is 0 Å². The van der Waals surface area contributed by atoms with Crippen molar-refractivity contribution in [2.45, 2.75) is 38.1 Å². The first-order chi connectivity index (χ1) is 14.3. The quantitative estimate of drug-likeness (QED) is 0.572. The Balaban J connectivity index is 1.65. The summed E-state index contributed by atoms with van der Waals surface area (Å²) in [5, 5.41) is 2.97. The fourth-order valence-electron chi connectivity index (χ4n) is 3.03. The molecule has 6 heteroatoms.